The number of thiazole rings is 1. The quantitative estimate of drug-likeness (QED) is 0.0794. The van der Waals surface area contributed by atoms with Crippen molar-refractivity contribution in [2.75, 3.05) is 20.2 Å². The number of carboxylic acids is 1. The summed E-state index contributed by atoms with van der Waals surface area (Å²) in [5.41, 5.74) is -0.145. The smallest absolute Gasteiger partial charge is 0.410 e. The zero-order chi connectivity index (χ0) is 39.2. The summed E-state index contributed by atoms with van der Waals surface area (Å²) in [5.74, 6) is -3.83. The third-order valence-electron chi connectivity index (χ3n) is 11.3. The Hall–Kier alpha value is -3.85. The number of nitrogens with zero attached hydrogens (tertiary/aromatic N) is 6. The predicted molar refractivity (Wildman–Crippen MR) is 205 cm³/mol. The monoisotopic (exact) mass is 750 g/mol. The number of rotatable bonds is 20. The second-order valence-electron chi connectivity index (χ2n) is 15.1. The summed E-state index contributed by atoms with van der Waals surface area (Å²) in [6.45, 7) is 16.2. The summed E-state index contributed by atoms with van der Waals surface area (Å²) in [6, 6.07) is 7.16. The Bertz CT molecular complexity index is 1720. The van der Waals surface area contributed by atoms with Crippen molar-refractivity contribution in [2.45, 2.75) is 123 Å². The molecule has 3 heterocycles. The summed E-state index contributed by atoms with van der Waals surface area (Å²) in [7, 11) is 7.98. The van der Waals surface area contributed by atoms with E-state index in [0.717, 1.165) is 33.8 Å². The number of para-hydroxylation sites is 1. The number of fused-ring (bicyclic) bond motifs is 1. The molecule has 15 heteroatoms. The van der Waals surface area contributed by atoms with Gasteiger partial charge in [0.15, 0.2) is 0 Å². The van der Waals surface area contributed by atoms with Gasteiger partial charge in [-0.25, -0.2) is 9.78 Å². The van der Waals surface area contributed by atoms with E-state index < -0.39 is 52.9 Å². The van der Waals surface area contributed by atoms with Crippen LogP contribution in [-0.2, 0) is 30.4 Å². The van der Waals surface area contributed by atoms with Gasteiger partial charge in [-0.2, -0.15) is 0 Å². The van der Waals surface area contributed by atoms with Gasteiger partial charge in [0.2, 0.25) is 5.91 Å². The van der Waals surface area contributed by atoms with Crippen molar-refractivity contribution in [3.8, 4) is 10.7 Å². The lowest BCUT2D eigenvalue weighted by molar-refractivity contribution is -0.146. The van der Waals surface area contributed by atoms with Gasteiger partial charge in [0.05, 0.1) is 41.9 Å². The fourth-order valence-electron chi connectivity index (χ4n) is 7.52. The number of aromatic nitrogens is 4. The van der Waals surface area contributed by atoms with Gasteiger partial charge in [0.1, 0.15) is 28.0 Å². The number of amides is 2. The minimum absolute atomic E-state index is 0.0201. The standard InChI is InChI=1S/C38H55BN6O7S/c1-10-24(3)38(8)33(26(5)45(27(6)46)21-23(2)20-37(7,51-9)32(39)19-30(47)25(4)35(48)49)44(36(50)52-38)18-14-13-17-43-22-29(41-42-43)34-40-28-15-11-12-16-31(28)53-34/h11-12,15-16,22-26,32-33H,10,13-14,17-21H2,1-9H3,(H,48,49)/t23-,24-,25-,26-,32-,33-,37-,38-/m1/s1. The van der Waals surface area contributed by atoms with E-state index in [0.29, 0.717) is 32.5 Å². The number of hydrogen-bond acceptors (Lipinski definition) is 10. The van der Waals surface area contributed by atoms with Gasteiger partial charge in [-0.3, -0.25) is 24.0 Å². The number of carbonyl (C=O) groups excluding carboxylic acids is 3. The number of unbranched alkanes of at least 4 members (excludes halogenated alkanes) is 1. The number of carboxylic acid groups (broad SMARTS) is 1. The molecule has 0 bridgehead atoms. The lowest BCUT2D eigenvalue weighted by atomic mass is 9.67. The van der Waals surface area contributed by atoms with E-state index >= 15 is 0 Å². The highest BCUT2D eigenvalue weighted by atomic mass is 32.1. The highest BCUT2D eigenvalue weighted by molar-refractivity contribution is 7.21. The van der Waals surface area contributed by atoms with Crippen LogP contribution >= 0.6 is 11.3 Å². The Morgan fingerprint density at radius 3 is 2.47 bits per heavy atom. The number of cyclic esters (lactones) is 1. The first-order chi connectivity index (χ1) is 24.9. The van der Waals surface area contributed by atoms with Crippen molar-refractivity contribution in [3.63, 3.8) is 0 Å². The van der Waals surface area contributed by atoms with E-state index in [1.807, 2.05) is 51.2 Å². The fourth-order valence-corrected chi connectivity index (χ4v) is 8.43. The third-order valence-corrected chi connectivity index (χ3v) is 12.3. The molecule has 0 aliphatic carbocycles. The van der Waals surface area contributed by atoms with Crippen LogP contribution in [0.3, 0.4) is 0 Å². The lowest BCUT2D eigenvalue weighted by Crippen LogP contribution is -2.60. The Morgan fingerprint density at radius 2 is 1.85 bits per heavy atom. The molecular formula is C38H55BN6O7S. The summed E-state index contributed by atoms with van der Waals surface area (Å²) >= 11 is 1.58. The second kappa shape index (κ2) is 17.5. The molecule has 2 amide bonds. The van der Waals surface area contributed by atoms with E-state index in [2.05, 4.69) is 29.1 Å². The summed E-state index contributed by atoms with van der Waals surface area (Å²) < 4.78 is 14.9. The molecular weight excluding hydrogens is 695 g/mol. The molecule has 288 valence electrons. The molecule has 4 rings (SSSR count). The molecule has 1 saturated heterocycles. The van der Waals surface area contributed by atoms with Gasteiger partial charge in [-0.1, -0.05) is 38.1 Å². The topological polar surface area (TPSA) is 157 Å². The minimum atomic E-state index is -1.20. The molecule has 1 aromatic carbocycles. The van der Waals surface area contributed by atoms with Crippen LogP contribution in [0.25, 0.3) is 20.9 Å². The Labute approximate surface area is 318 Å². The second-order valence-corrected chi connectivity index (χ2v) is 16.2. The summed E-state index contributed by atoms with van der Waals surface area (Å²) in [4.78, 5) is 59.1. The molecule has 2 aromatic heterocycles. The highest BCUT2D eigenvalue weighted by Crippen LogP contribution is 2.41. The molecule has 0 spiro atoms. The van der Waals surface area contributed by atoms with Gasteiger partial charge in [-0.15, -0.1) is 16.4 Å². The van der Waals surface area contributed by atoms with Crippen LogP contribution in [0, 0.1) is 17.8 Å². The van der Waals surface area contributed by atoms with Crippen molar-refractivity contribution in [1.29, 1.82) is 0 Å². The molecule has 53 heavy (non-hydrogen) atoms. The molecule has 1 aliphatic rings. The van der Waals surface area contributed by atoms with Gasteiger partial charge in [-0.05, 0) is 83.2 Å². The normalized spacial score (nSPS) is 21.4. The van der Waals surface area contributed by atoms with Crippen LogP contribution in [0.4, 0.5) is 4.79 Å². The maximum absolute atomic E-state index is 13.6. The van der Waals surface area contributed by atoms with E-state index in [1.165, 1.54) is 21.0 Å². The van der Waals surface area contributed by atoms with Crippen molar-refractivity contribution in [3.05, 3.63) is 30.5 Å². The third kappa shape index (κ3) is 9.46. The van der Waals surface area contributed by atoms with Crippen LogP contribution in [0.2, 0.25) is 5.82 Å². The average molecular weight is 751 g/mol. The number of aryl methyl sites for hydroxylation is 1. The maximum Gasteiger partial charge on any atom is 0.410 e. The van der Waals surface area contributed by atoms with Crippen LogP contribution in [0.15, 0.2) is 30.5 Å². The first kappa shape index (κ1) is 41.9. The molecule has 13 nitrogen and oxygen atoms in total. The SMILES string of the molecule is [B][C@H](CC(=O)[C@@H](C)C(=O)O)[C@@](C)(C[C@@H](C)CN(C(C)=O)[C@H](C)[C@H]1N(CCCCn2cc(-c3nc4ccccc4s3)nn2)C(=O)O[C@]1(C)[C@H](C)CC)OC. The number of ketones is 1. The number of carbonyl (C=O) groups is 4. The Morgan fingerprint density at radius 1 is 1.17 bits per heavy atom. The average Bonchev–Trinajstić information content (AvgIpc) is 3.83. The minimum Gasteiger partial charge on any atom is -0.481 e. The zero-order valence-corrected chi connectivity index (χ0v) is 33.4. The van der Waals surface area contributed by atoms with E-state index in [9.17, 15) is 24.3 Å². The predicted octanol–water partition coefficient (Wildman–Crippen LogP) is 6.27. The van der Waals surface area contributed by atoms with Crippen molar-refractivity contribution >= 4 is 53.2 Å². The Kier molecular flexibility index (Phi) is 13.9. The molecule has 2 radical (unpaired) electrons. The molecule has 0 saturated carbocycles. The molecule has 1 aliphatic heterocycles. The van der Waals surface area contributed by atoms with Gasteiger partial charge in [0.25, 0.3) is 0 Å². The molecule has 1 N–H and O–H groups in total. The molecule has 8 atom stereocenters. The van der Waals surface area contributed by atoms with Crippen molar-refractivity contribution in [2.24, 2.45) is 17.8 Å². The van der Waals surface area contributed by atoms with Gasteiger partial charge < -0.3 is 19.5 Å². The first-order valence-electron chi connectivity index (χ1n) is 18.5. The number of benzene rings is 1. The number of hydrogen-bond donors (Lipinski definition) is 1. The Balaban J connectivity index is 1.45. The number of Topliss-reactive ketones (excluding diaryl/α,β-unsaturated/α-hetero) is 1. The van der Waals surface area contributed by atoms with Crippen molar-refractivity contribution in [1.82, 2.24) is 29.8 Å². The van der Waals surface area contributed by atoms with E-state index in [1.54, 1.807) is 32.7 Å². The molecule has 1 fully saturated rings. The maximum atomic E-state index is 13.6. The molecule has 0 unspecified atom stereocenters. The van der Waals surface area contributed by atoms with Crippen molar-refractivity contribution < 1.29 is 33.8 Å². The van der Waals surface area contributed by atoms with E-state index in [4.69, 9.17) is 17.3 Å². The largest absolute Gasteiger partial charge is 0.481 e. The number of methoxy groups -OCH3 is 1. The van der Waals surface area contributed by atoms with Gasteiger partial charge in [0, 0.05) is 40.1 Å². The lowest BCUT2D eigenvalue weighted by Gasteiger charge is -2.44. The number of ether oxygens (including phenoxy) is 2. The molecule has 3 aromatic rings. The van der Waals surface area contributed by atoms with Crippen LogP contribution in [0.1, 0.15) is 87.5 Å². The fraction of sp³-hybridized carbons (Fsp3) is 0.658. The van der Waals surface area contributed by atoms with Crippen LogP contribution in [-0.4, -0.2) is 110 Å². The highest BCUT2D eigenvalue weighted by Gasteiger charge is 2.56. The summed E-state index contributed by atoms with van der Waals surface area (Å²) in [5, 5.41) is 18.8. The zero-order valence-electron chi connectivity index (χ0n) is 32.6. The van der Waals surface area contributed by atoms with Gasteiger partial charge >= 0.3 is 12.1 Å². The van der Waals surface area contributed by atoms with E-state index in [-0.39, 0.29) is 24.2 Å². The summed E-state index contributed by atoms with van der Waals surface area (Å²) in [6.07, 6.45) is 3.97. The van der Waals surface area contributed by atoms with Crippen LogP contribution < -0.4 is 0 Å². The van der Waals surface area contributed by atoms with Crippen LogP contribution in [0.5, 0.6) is 0 Å². The first-order valence-corrected chi connectivity index (χ1v) is 19.4. The number of aliphatic carboxylic acids is 1.